The highest BCUT2D eigenvalue weighted by Crippen LogP contribution is 2.32. The number of hydrogen-bond donors (Lipinski definition) is 1. The maximum atomic E-state index is 6.27. The summed E-state index contributed by atoms with van der Waals surface area (Å²) < 4.78 is 0. The Morgan fingerprint density at radius 3 is 2.83 bits per heavy atom. The Kier molecular flexibility index (Phi) is 2.99. The van der Waals surface area contributed by atoms with Crippen LogP contribution >= 0.6 is 11.6 Å². The van der Waals surface area contributed by atoms with Crippen LogP contribution in [0.25, 0.3) is 6.08 Å². The second kappa shape index (κ2) is 4.78. The van der Waals surface area contributed by atoms with Gasteiger partial charge in [0.1, 0.15) is 5.82 Å². The summed E-state index contributed by atoms with van der Waals surface area (Å²) >= 11 is 6.27. The summed E-state index contributed by atoms with van der Waals surface area (Å²) in [6.07, 6.45) is 8.47. The highest BCUT2D eigenvalue weighted by Gasteiger charge is 2.16. The van der Waals surface area contributed by atoms with Crippen LogP contribution in [0.5, 0.6) is 0 Å². The minimum Gasteiger partial charge on any atom is -0.340 e. The zero-order valence-electron chi connectivity index (χ0n) is 9.68. The Hall–Kier alpha value is -1.87. The summed E-state index contributed by atoms with van der Waals surface area (Å²) in [6, 6.07) is 7.80. The molecule has 3 nitrogen and oxygen atoms in total. The lowest BCUT2D eigenvalue weighted by atomic mass is 10.0. The van der Waals surface area contributed by atoms with Crippen LogP contribution in [-0.2, 0) is 0 Å². The molecule has 0 saturated carbocycles. The number of hydrogen-bond acceptors (Lipinski definition) is 3. The standard InChI is InChI=1S/C14H12ClN3/c15-12-3-1-2-10-4-5-13(18-14(10)12)17-11-6-8-16-9-7-11/h1-2,4-9,12H,3H2,(H,16,17,18). The first kappa shape index (κ1) is 11.2. The Bertz CT molecular complexity index is 581. The molecular weight excluding hydrogens is 246 g/mol. The first-order valence-electron chi connectivity index (χ1n) is 5.81. The van der Waals surface area contributed by atoms with E-state index in [-0.39, 0.29) is 5.38 Å². The summed E-state index contributed by atoms with van der Waals surface area (Å²) in [5.41, 5.74) is 3.01. The van der Waals surface area contributed by atoms with E-state index in [0.29, 0.717) is 0 Å². The van der Waals surface area contributed by atoms with Crippen LogP contribution in [0.15, 0.2) is 42.7 Å². The molecule has 1 aliphatic rings. The molecule has 1 aliphatic carbocycles. The Morgan fingerprint density at radius 2 is 2.00 bits per heavy atom. The third-order valence-corrected chi connectivity index (χ3v) is 3.23. The molecule has 0 spiro atoms. The van der Waals surface area contributed by atoms with Gasteiger partial charge in [-0.2, -0.15) is 0 Å². The molecule has 1 N–H and O–H groups in total. The van der Waals surface area contributed by atoms with Gasteiger partial charge in [0, 0.05) is 18.1 Å². The summed E-state index contributed by atoms with van der Waals surface area (Å²) in [5, 5.41) is 3.20. The molecule has 0 radical (unpaired) electrons. The molecule has 0 aromatic carbocycles. The predicted octanol–water partition coefficient (Wildman–Crippen LogP) is 3.92. The highest BCUT2D eigenvalue weighted by molar-refractivity contribution is 6.21. The molecule has 90 valence electrons. The van der Waals surface area contributed by atoms with E-state index >= 15 is 0 Å². The fourth-order valence-electron chi connectivity index (χ4n) is 1.96. The van der Waals surface area contributed by atoms with Gasteiger partial charge in [0.15, 0.2) is 0 Å². The van der Waals surface area contributed by atoms with Crippen molar-refractivity contribution in [3.8, 4) is 0 Å². The number of pyridine rings is 2. The molecule has 2 aromatic heterocycles. The van der Waals surface area contributed by atoms with E-state index in [1.165, 1.54) is 0 Å². The van der Waals surface area contributed by atoms with Crippen molar-refractivity contribution in [2.45, 2.75) is 11.8 Å². The van der Waals surface area contributed by atoms with Gasteiger partial charge in [-0.25, -0.2) is 4.98 Å². The van der Waals surface area contributed by atoms with Crippen molar-refractivity contribution in [2.24, 2.45) is 0 Å². The molecule has 0 aliphatic heterocycles. The second-order valence-electron chi connectivity index (χ2n) is 4.14. The van der Waals surface area contributed by atoms with E-state index in [4.69, 9.17) is 11.6 Å². The molecular formula is C14H12ClN3. The smallest absolute Gasteiger partial charge is 0.130 e. The lowest BCUT2D eigenvalue weighted by Crippen LogP contribution is -2.04. The van der Waals surface area contributed by atoms with Gasteiger partial charge >= 0.3 is 0 Å². The molecule has 2 aromatic rings. The van der Waals surface area contributed by atoms with E-state index in [2.05, 4.69) is 27.4 Å². The average Bonchev–Trinajstić information content (AvgIpc) is 2.41. The monoisotopic (exact) mass is 257 g/mol. The predicted molar refractivity (Wildman–Crippen MR) is 74.0 cm³/mol. The number of fused-ring (bicyclic) bond motifs is 1. The fourth-order valence-corrected chi connectivity index (χ4v) is 2.23. The Morgan fingerprint density at radius 1 is 1.17 bits per heavy atom. The molecule has 0 saturated heterocycles. The molecule has 4 heteroatoms. The Balaban J connectivity index is 1.91. The van der Waals surface area contributed by atoms with Crippen LogP contribution in [0.2, 0.25) is 0 Å². The van der Waals surface area contributed by atoms with Crippen molar-refractivity contribution < 1.29 is 0 Å². The van der Waals surface area contributed by atoms with E-state index in [0.717, 1.165) is 29.2 Å². The molecule has 0 fully saturated rings. The van der Waals surface area contributed by atoms with Crippen molar-refractivity contribution in [3.63, 3.8) is 0 Å². The zero-order chi connectivity index (χ0) is 12.4. The fraction of sp³-hybridized carbons (Fsp3) is 0.143. The van der Waals surface area contributed by atoms with Crippen LogP contribution in [-0.4, -0.2) is 9.97 Å². The SMILES string of the molecule is ClC1CC=Cc2ccc(Nc3ccncc3)nc21. The average molecular weight is 258 g/mol. The van der Waals surface area contributed by atoms with Gasteiger partial charge in [0.2, 0.25) is 0 Å². The largest absolute Gasteiger partial charge is 0.340 e. The maximum absolute atomic E-state index is 6.27. The molecule has 0 bridgehead atoms. The summed E-state index contributed by atoms with van der Waals surface area (Å²) in [6.45, 7) is 0. The number of allylic oxidation sites excluding steroid dienone is 1. The van der Waals surface area contributed by atoms with E-state index < -0.39 is 0 Å². The molecule has 3 rings (SSSR count). The topological polar surface area (TPSA) is 37.8 Å². The van der Waals surface area contributed by atoms with Gasteiger partial charge in [-0.1, -0.05) is 12.2 Å². The van der Waals surface area contributed by atoms with E-state index in [9.17, 15) is 0 Å². The van der Waals surface area contributed by atoms with E-state index in [1.54, 1.807) is 12.4 Å². The number of aromatic nitrogens is 2. The minimum absolute atomic E-state index is 0.0378. The number of nitrogens with zero attached hydrogens (tertiary/aromatic N) is 2. The first-order chi connectivity index (χ1) is 8.83. The number of alkyl halides is 1. The van der Waals surface area contributed by atoms with Crippen LogP contribution in [0, 0.1) is 0 Å². The minimum atomic E-state index is -0.0378. The first-order valence-corrected chi connectivity index (χ1v) is 6.25. The third kappa shape index (κ3) is 2.22. The third-order valence-electron chi connectivity index (χ3n) is 2.85. The highest BCUT2D eigenvalue weighted by atomic mass is 35.5. The number of rotatable bonds is 2. The number of halogens is 1. The van der Waals surface area contributed by atoms with Gasteiger partial charge in [0.25, 0.3) is 0 Å². The van der Waals surface area contributed by atoms with Crippen molar-refractivity contribution in [3.05, 3.63) is 54.0 Å². The zero-order valence-corrected chi connectivity index (χ0v) is 10.4. The number of anilines is 2. The molecule has 1 atom stereocenters. The van der Waals surface area contributed by atoms with Gasteiger partial charge in [-0.05, 0) is 36.2 Å². The molecule has 1 unspecified atom stereocenters. The van der Waals surface area contributed by atoms with Crippen LogP contribution in [0.3, 0.4) is 0 Å². The maximum Gasteiger partial charge on any atom is 0.130 e. The quantitative estimate of drug-likeness (QED) is 0.829. The lowest BCUT2D eigenvalue weighted by molar-refractivity contribution is 0.892. The summed E-state index contributed by atoms with van der Waals surface area (Å²) in [4.78, 5) is 8.55. The second-order valence-corrected chi connectivity index (χ2v) is 4.66. The van der Waals surface area contributed by atoms with E-state index in [1.807, 2.05) is 24.3 Å². The Labute approximate surface area is 111 Å². The van der Waals surface area contributed by atoms with Gasteiger partial charge < -0.3 is 5.32 Å². The van der Waals surface area contributed by atoms with Crippen molar-refractivity contribution in [1.82, 2.24) is 9.97 Å². The van der Waals surface area contributed by atoms with Gasteiger partial charge in [0.05, 0.1) is 11.1 Å². The van der Waals surface area contributed by atoms with Gasteiger partial charge in [-0.15, -0.1) is 11.6 Å². The lowest BCUT2D eigenvalue weighted by Gasteiger charge is -2.16. The molecule has 18 heavy (non-hydrogen) atoms. The van der Waals surface area contributed by atoms with Crippen molar-refractivity contribution in [2.75, 3.05) is 5.32 Å². The molecule has 0 amide bonds. The van der Waals surface area contributed by atoms with Crippen LogP contribution in [0.4, 0.5) is 11.5 Å². The van der Waals surface area contributed by atoms with Gasteiger partial charge in [-0.3, -0.25) is 4.98 Å². The van der Waals surface area contributed by atoms with Crippen molar-refractivity contribution >= 4 is 29.2 Å². The summed E-state index contributed by atoms with van der Waals surface area (Å²) in [5.74, 6) is 0.806. The molecule has 2 heterocycles. The van der Waals surface area contributed by atoms with Crippen LogP contribution < -0.4 is 5.32 Å². The van der Waals surface area contributed by atoms with Crippen LogP contribution in [0.1, 0.15) is 23.1 Å². The normalized spacial score (nSPS) is 17.3. The summed E-state index contributed by atoms with van der Waals surface area (Å²) in [7, 11) is 0. The van der Waals surface area contributed by atoms with Crippen molar-refractivity contribution in [1.29, 1.82) is 0 Å². The number of nitrogens with one attached hydrogen (secondary N) is 1.